The summed E-state index contributed by atoms with van der Waals surface area (Å²) in [5, 5.41) is 12.7. The molecule has 0 saturated heterocycles. The molecule has 0 aromatic heterocycles. The molecular weight excluding hydrogens is 242 g/mol. The van der Waals surface area contributed by atoms with E-state index < -0.39 is 5.54 Å². The first kappa shape index (κ1) is 15.5. The van der Waals surface area contributed by atoms with Crippen LogP contribution in [0.25, 0.3) is 0 Å². The van der Waals surface area contributed by atoms with E-state index in [1.165, 1.54) is 0 Å². The van der Waals surface area contributed by atoms with Gasteiger partial charge in [0, 0.05) is 6.04 Å². The number of carbonyl (C=O) groups excluding carboxylic acids is 1. The summed E-state index contributed by atoms with van der Waals surface area (Å²) >= 11 is 0. The van der Waals surface area contributed by atoms with E-state index in [-0.39, 0.29) is 17.8 Å². The number of nitrogens with one attached hydrogen (secondary N) is 1. The van der Waals surface area contributed by atoms with Gasteiger partial charge in [-0.2, -0.15) is 0 Å². The third kappa shape index (κ3) is 3.70. The lowest BCUT2D eigenvalue weighted by Gasteiger charge is -2.32. The Balaban J connectivity index is 3.10. The molecular formula is C15H23NO3. The molecule has 0 aliphatic heterocycles. The number of hydrogen-bond donors (Lipinski definition) is 2. The van der Waals surface area contributed by atoms with Crippen molar-refractivity contribution in [2.75, 3.05) is 6.61 Å². The molecule has 4 heteroatoms. The third-order valence-corrected chi connectivity index (χ3v) is 3.28. The second-order valence-electron chi connectivity index (χ2n) is 4.85. The Labute approximate surface area is 114 Å². The average Bonchev–Trinajstić information content (AvgIpc) is 2.39. The Bertz CT molecular complexity index is 416. The summed E-state index contributed by atoms with van der Waals surface area (Å²) in [4.78, 5) is 12.3. The Morgan fingerprint density at radius 3 is 2.42 bits per heavy atom. The van der Waals surface area contributed by atoms with Gasteiger partial charge in [-0.3, -0.25) is 5.32 Å². The van der Waals surface area contributed by atoms with Crippen LogP contribution in [0.3, 0.4) is 0 Å². The van der Waals surface area contributed by atoms with Crippen molar-refractivity contribution < 1.29 is 14.6 Å². The van der Waals surface area contributed by atoms with Gasteiger partial charge in [0.15, 0.2) is 0 Å². The van der Waals surface area contributed by atoms with Gasteiger partial charge in [0.25, 0.3) is 0 Å². The van der Waals surface area contributed by atoms with Gasteiger partial charge in [-0.15, -0.1) is 0 Å². The van der Waals surface area contributed by atoms with Crippen LogP contribution < -0.4 is 5.32 Å². The first-order valence-corrected chi connectivity index (χ1v) is 6.68. The van der Waals surface area contributed by atoms with Gasteiger partial charge < -0.3 is 9.84 Å². The van der Waals surface area contributed by atoms with E-state index in [0.29, 0.717) is 6.61 Å². The van der Waals surface area contributed by atoms with E-state index >= 15 is 0 Å². The SMILES string of the molecule is CCOC(=O)C(C)(NC(C)CC)c1ccc(O)cc1. The molecule has 0 heterocycles. The summed E-state index contributed by atoms with van der Waals surface area (Å²) in [6.45, 7) is 8.02. The second kappa shape index (κ2) is 6.57. The van der Waals surface area contributed by atoms with Crippen LogP contribution in [0.1, 0.15) is 39.7 Å². The van der Waals surface area contributed by atoms with Gasteiger partial charge in [0.05, 0.1) is 6.61 Å². The van der Waals surface area contributed by atoms with E-state index in [4.69, 9.17) is 4.74 Å². The van der Waals surface area contributed by atoms with Crippen molar-refractivity contribution in [2.24, 2.45) is 0 Å². The zero-order valence-corrected chi connectivity index (χ0v) is 12.1. The van der Waals surface area contributed by atoms with Crippen molar-refractivity contribution in [3.63, 3.8) is 0 Å². The van der Waals surface area contributed by atoms with Crippen LogP contribution in [0.15, 0.2) is 24.3 Å². The van der Waals surface area contributed by atoms with Gasteiger partial charge in [0.1, 0.15) is 11.3 Å². The molecule has 106 valence electrons. The first-order valence-electron chi connectivity index (χ1n) is 6.68. The van der Waals surface area contributed by atoms with Crippen molar-refractivity contribution in [1.29, 1.82) is 0 Å². The molecule has 2 atom stereocenters. The molecule has 0 spiro atoms. The van der Waals surface area contributed by atoms with Gasteiger partial charge in [-0.25, -0.2) is 4.79 Å². The predicted molar refractivity (Wildman–Crippen MR) is 75.0 cm³/mol. The quantitative estimate of drug-likeness (QED) is 0.776. The maximum Gasteiger partial charge on any atom is 0.330 e. The fourth-order valence-electron chi connectivity index (χ4n) is 1.93. The van der Waals surface area contributed by atoms with E-state index in [2.05, 4.69) is 12.2 Å². The number of rotatable bonds is 6. The van der Waals surface area contributed by atoms with Crippen molar-refractivity contribution in [2.45, 2.75) is 45.7 Å². The van der Waals surface area contributed by atoms with E-state index in [9.17, 15) is 9.90 Å². The summed E-state index contributed by atoms with van der Waals surface area (Å²) in [6.07, 6.45) is 0.910. The summed E-state index contributed by atoms with van der Waals surface area (Å²) in [5.74, 6) is -0.125. The smallest absolute Gasteiger partial charge is 0.330 e. The highest BCUT2D eigenvalue weighted by atomic mass is 16.5. The summed E-state index contributed by atoms with van der Waals surface area (Å²) in [6, 6.07) is 6.81. The lowest BCUT2D eigenvalue weighted by molar-refractivity contribution is -0.151. The zero-order valence-electron chi connectivity index (χ0n) is 12.1. The molecule has 1 aromatic carbocycles. The summed E-state index contributed by atoms with van der Waals surface area (Å²) < 4.78 is 5.17. The highest BCUT2D eigenvalue weighted by Gasteiger charge is 2.37. The Hall–Kier alpha value is -1.55. The van der Waals surface area contributed by atoms with Crippen LogP contribution >= 0.6 is 0 Å². The number of esters is 1. The van der Waals surface area contributed by atoms with Crippen molar-refractivity contribution in [3.05, 3.63) is 29.8 Å². The minimum Gasteiger partial charge on any atom is -0.508 e. The van der Waals surface area contributed by atoms with Crippen LogP contribution in [0.2, 0.25) is 0 Å². The fourth-order valence-corrected chi connectivity index (χ4v) is 1.93. The second-order valence-corrected chi connectivity index (χ2v) is 4.85. The molecule has 0 aliphatic carbocycles. The minimum absolute atomic E-state index is 0.179. The molecule has 0 radical (unpaired) electrons. The molecule has 0 fully saturated rings. The van der Waals surface area contributed by atoms with Crippen LogP contribution in [-0.2, 0) is 15.1 Å². The highest BCUT2D eigenvalue weighted by Crippen LogP contribution is 2.25. The zero-order chi connectivity index (χ0) is 14.5. The monoisotopic (exact) mass is 265 g/mol. The van der Waals surface area contributed by atoms with Crippen molar-refractivity contribution in [1.82, 2.24) is 5.32 Å². The van der Waals surface area contributed by atoms with Crippen molar-refractivity contribution >= 4 is 5.97 Å². The number of aromatic hydroxyl groups is 1. The summed E-state index contributed by atoms with van der Waals surface area (Å²) in [5.41, 5.74) is -0.122. The Morgan fingerprint density at radius 1 is 1.37 bits per heavy atom. The number of phenols is 1. The minimum atomic E-state index is -0.904. The molecule has 2 unspecified atom stereocenters. The number of hydrogen-bond acceptors (Lipinski definition) is 4. The van der Waals surface area contributed by atoms with Crippen molar-refractivity contribution in [3.8, 4) is 5.75 Å². The fraction of sp³-hybridized carbons (Fsp3) is 0.533. The number of ether oxygens (including phenoxy) is 1. The Morgan fingerprint density at radius 2 is 1.95 bits per heavy atom. The molecule has 0 saturated carbocycles. The lowest BCUT2D eigenvalue weighted by Crippen LogP contribution is -2.51. The number of carbonyl (C=O) groups is 1. The van der Waals surface area contributed by atoms with Crippen LogP contribution in [0.4, 0.5) is 0 Å². The van der Waals surface area contributed by atoms with Gasteiger partial charge >= 0.3 is 5.97 Å². The molecule has 0 amide bonds. The average molecular weight is 265 g/mol. The largest absolute Gasteiger partial charge is 0.508 e. The summed E-state index contributed by atoms with van der Waals surface area (Å²) in [7, 11) is 0. The number of phenolic OH excluding ortho intramolecular Hbond substituents is 1. The molecule has 1 rings (SSSR count). The molecule has 4 nitrogen and oxygen atoms in total. The maximum absolute atomic E-state index is 12.3. The standard InChI is InChI=1S/C15H23NO3/c1-5-11(3)16-15(4,14(18)19-6-2)12-7-9-13(17)10-8-12/h7-11,16-17H,5-6H2,1-4H3. The number of benzene rings is 1. The molecule has 2 N–H and O–H groups in total. The van der Waals surface area contributed by atoms with Gasteiger partial charge in [0.2, 0.25) is 0 Å². The molecule has 19 heavy (non-hydrogen) atoms. The molecule has 1 aromatic rings. The Kier molecular flexibility index (Phi) is 5.36. The normalized spacial score (nSPS) is 15.6. The topological polar surface area (TPSA) is 58.6 Å². The van der Waals surface area contributed by atoms with E-state index in [1.807, 2.05) is 13.8 Å². The van der Waals surface area contributed by atoms with Crippen LogP contribution in [0, 0.1) is 0 Å². The first-order chi connectivity index (χ1) is 8.93. The van der Waals surface area contributed by atoms with Gasteiger partial charge in [-0.1, -0.05) is 19.1 Å². The van der Waals surface area contributed by atoms with Crippen LogP contribution in [-0.4, -0.2) is 23.7 Å². The highest BCUT2D eigenvalue weighted by molar-refractivity contribution is 5.82. The van der Waals surface area contributed by atoms with E-state index in [1.54, 1.807) is 31.2 Å². The molecule has 0 aliphatic rings. The van der Waals surface area contributed by atoms with Crippen LogP contribution in [0.5, 0.6) is 5.75 Å². The van der Waals surface area contributed by atoms with E-state index in [0.717, 1.165) is 12.0 Å². The lowest BCUT2D eigenvalue weighted by atomic mass is 9.90. The third-order valence-electron chi connectivity index (χ3n) is 3.28. The predicted octanol–water partition coefficient (Wildman–Crippen LogP) is 2.56. The molecule has 0 bridgehead atoms. The van der Waals surface area contributed by atoms with Gasteiger partial charge in [-0.05, 0) is 44.9 Å². The maximum atomic E-state index is 12.3.